The van der Waals surface area contributed by atoms with Crippen LogP contribution in [0.2, 0.25) is 0 Å². The van der Waals surface area contributed by atoms with Crippen LogP contribution in [-0.2, 0) is 28.0 Å². The number of pyridine rings is 2. The monoisotopic (exact) mass is 763 g/mol. The molecule has 0 saturated carbocycles. The number of anilines is 1. The topological polar surface area (TPSA) is 164 Å². The lowest BCUT2D eigenvalue weighted by Gasteiger charge is -2.36. The van der Waals surface area contributed by atoms with Crippen LogP contribution in [0.25, 0.3) is 21.9 Å². The second-order valence-electron chi connectivity index (χ2n) is 14.5. The Morgan fingerprint density at radius 3 is 2.30 bits per heavy atom. The van der Waals surface area contributed by atoms with E-state index in [1.54, 1.807) is 63.9 Å². The zero-order chi connectivity index (χ0) is 39.7. The molecule has 7 rings (SSSR count). The summed E-state index contributed by atoms with van der Waals surface area (Å²) in [5.74, 6) is -0.899. The van der Waals surface area contributed by atoms with Crippen molar-refractivity contribution in [2.24, 2.45) is 7.05 Å². The molecule has 292 valence electrons. The molecule has 0 radical (unpaired) electrons. The number of carbonyl (C=O) groups is 5. The number of imide groups is 2. The van der Waals surface area contributed by atoms with E-state index in [0.29, 0.717) is 29.9 Å². The summed E-state index contributed by atoms with van der Waals surface area (Å²) in [7, 11) is 6.65. The second-order valence-corrected chi connectivity index (χ2v) is 14.5. The third-order valence-corrected chi connectivity index (χ3v) is 11.0. The molecule has 15 nitrogen and oxygen atoms in total. The molecule has 1 N–H and O–H groups in total. The van der Waals surface area contributed by atoms with Gasteiger partial charge in [0.25, 0.3) is 17.4 Å². The third-order valence-electron chi connectivity index (χ3n) is 11.0. The number of aromatic nitrogens is 2. The van der Waals surface area contributed by atoms with Crippen molar-refractivity contribution in [1.29, 1.82) is 0 Å². The number of piperazine rings is 1. The zero-order valence-corrected chi connectivity index (χ0v) is 32.0. The summed E-state index contributed by atoms with van der Waals surface area (Å²) in [4.78, 5) is 87.7. The lowest BCUT2D eigenvalue weighted by atomic mass is 9.99. The number of amides is 5. The Morgan fingerprint density at radius 2 is 1.61 bits per heavy atom. The Hall–Kier alpha value is -6.09. The molecule has 15 heteroatoms. The highest BCUT2D eigenvalue weighted by Gasteiger charge is 2.44. The zero-order valence-electron chi connectivity index (χ0n) is 32.0. The van der Waals surface area contributed by atoms with E-state index >= 15 is 0 Å². The van der Waals surface area contributed by atoms with E-state index in [-0.39, 0.29) is 35.4 Å². The number of nitrogens with zero attached hydrogens (tertiary/aromatic N) is 6. The van der Waals surface area contributed by atoms with Gasteiger partial charge in [0.1, 0.15) is 17.5 Å². The Balaban J connectivity index is 0.903. The first-order valence-electron chi connectivity index (χ1n) is 18.7. The van der Waals surface area contributed by atoms with Crippen LogP contribution in [0.3, 0.4) is 0 Å². The molecule has 1 unspecified atom stereocenters. The molecular weight excluding hydrogens is 718 g/mol. The number of benzene rings is 2. The summed E-state index contributed by atoms with van der Waals surface area (Å²) in [5, 5.41) is 3.51. The van der Waals surface area contributed by atoms with Crippen molar-refractivity contribution in [2.75, 3.05) is 58.9 Å². The first-order chi connectivity index (χ1) is 27.0. The molecule has 0 spiro atoms. The largest absolute Gasteiger partial charge is 0.496 e. The fourth-order valence-electron chi connectivity index (χ4n) is 7.85. The molecule has 5 heterocycles. The third kappa shape index (κ3) is 7.33. The van der Waals surface area contributed by atoms with E-state index in [4.69, 9.17) is 9.47 Å². The summed E-state index contributed by atoms with van der Waals surface area (Å²) in [5.41, 5.74) is 3.63. The first-order valence-corrected chi connectivity index (χ1v) is 18.7. The summed E-state index contributed by atoms with van der Waals surface area (Å²) in [6.45, 7) is 4.23. The Morgan fingerprint density at radius 1 is 0.893 bits per heavy atom. The molecule has 3 aliphatic heterocycles. The molecule has 56 heavy (non-hydrogen) atoms. The van der Waals surface area contributed by atoms with Crippen molar-refractivity contribution < 1.29 is 33.4 Å². The number of aryl methyl sites for hydroxylation is 1. The molecule has 2 aromatic heterocycles. The average Bonchev–Trinajstić information content (AvgIpc) is 3.45. The fourth-order valence-corrected chi connectivity index (χ4v) is 7.85. The van der Waals surface area contributed by atoms with Crippen LogP contribution >= 0.6 is 0 Å². The molecule has 5 amide bonds. The lowest BCUT2D eigenvalue weighted by molar-refractivity contribution is -0.136. The molecule has 0 aliphatic carbocycles. The van der Waals surface area contributed by atoms with Crippen molar-refractivity contribution >= 4 is 46.0 Å². The highest BCUT2D eigenvalue weighted by atomic mass is 16.5. The van der Waals surface area contributed by atoms with E-state index in [0.717, 1.165) is 78.2 Å². The molecule has 2 fully saturated rings. The lowest BCUT2D eigenvalue weighted by Crippen LogP contribution is -2.54. The summed E-state index contributed by atoms with van der Waals surface area (Å²) < 4.78 is 13.1. The molecule has 2 aromatic carbocycles. The minimum atomic E-state index is -0.993. The SMILES string of the molecule is COc1cc(-c2cn(C)c(=O)c3cnccc23)cc(OC)c1CN(C)C(=O)CCCCN1CCN(c2ccc3c(c2)C(=O)N(C2CCC(=O)NC2=O)C3=O)CC1. The number of nitrogens with one attached hydrogen (secondary N) is 1. The maximum Gasteiger partial charge on any atom is 0.262 e. The van der Waals surface area contributed by atoms with Gasteiger partial charge in [-0.25, -0.2) is 0 Å². The van der Waals surface area contributed by atoms with Gasteiger partial charge in [-0.1, -0.05) is 0 Å². The van der Waals surface area contributed by atoms with Gasteiger partial charge in [0, 0.05) is 83.0 Å². The van der Waals surface area contributed by atoms with Crippen molar-refractivity contribution in [3.05, 3.63) is 82.0 Å². The van der Waals surface area contributed by atoms with Crippen LogP contribution in [-0.4, -0.2) is 114 Å². The predicted octanol–water partition coefficient (Wildman–Crippen LogP) is 2.97. The number of hydrogen-bond acceptors (Lipinski definition) is 11. The van der Waals surface area contributed by atoms with Gasteiger partial charge in [0.2, 0.25) is 17.7 Å². The molecule has 3 aliphatic rings. The Labute approximate surface area is 323 Å². The number of piperidine rings is 1. The number of fused-ring (bicyclic) bond motifs is 2. The number of carbonyl (C=O) groups excluding carboxylic acids is 5. The Bertz CT molecular complexity index is 2270. The summed E-state index contributed by atoms with van der Waals surface area (Å²) >= 11 is 0. The molecule has 1 atom stereocenters. The van der Waals surface area contributed by atoms with E-state index in [1.807, 2.05) is 24.3 Å². The minimum Gasteiger partial charge on any atom is -0.496 e. The van der Waals surface area contributed by atoms with E-state index in [2.05, 4.69) is 20.1 Å². The van der Waals surface area contributed by atoms with E-state index in [1.165, 1.54) is 4.57 Å². The van der Waals surface area contributed by atoms with Gasteiger partial charge in [0.05, 0.1) is 42.8 Å². The maximum absolute atomic E-state index is 13.3. The van der Waals surface area contributed by atoms with Crippen LogP contribution in [0, 0.1) is 0 Å². The van der Waals surface area contributed by atoms with Crippen LogP contribution in [0.1, 0.15) is 58.4 Å². The highest BCUT2D eigenvalue weighted by molar-refractivity contribution is 6.23. The standard InChI is InChI=1S/C41H45N7O8/c1-44(24-32-34(55-3)19-25(20-35(32)56-4)31-23-45(2)39(52)30-22-42-13-12-27(30)31)37(50)7-5-6-14-46-15-17-47(18-16-46)26-8-9-28-29(21-26)41(54)48(40(28)53)33-10-11-36(49)43-38(33)51/h8-9,12-13,19-23,33H,5-7,10-11,14-18,24H2,1-4H3,(H,43,49,51). The highest BCUT2D eigenvalue weighted by Crippen LogP contribution is 2.38. The van der Waals surface area contributed by atoms with Gasteiger partial charge < -0.3 is 23.8 Å². The van der Waals surface area contributed by atoms with Crippen LogP contribution in [0.5, 0.6) is 11.5 Å². The second kappa shape index (κ2) is 15.9. The number of methoxy groups -OCH3 is 2. The normalized spacial score (nSPS) is 17.3. The number of ether oxygens (including phenoxy) is 2. The van der Waals surface area contributed by atoms with E-state index < -0.39 is 29.7 Å². The van der Waals surface area contributed by atoms with Gasteiger partial charge in [-0.15, -0.1) is 0 Å². The molecule has 0 bridgehead atoms. The quantitative estimate of drug-likeness (QED) is 0.167. The number of hydrogen-bond donors (Lipinski definition) is 1. The maximum atomic E-state index is 13.3. The van der Waals surface area contributed by atoms with Crippen LogP contribution in [0.15, 0.2) is 59.8 Å². The predicted molar refractivity (Wildman–Crippen MR) is 208 cm³/mol. The summed E-state index contributed by atoms with van der Waals surface area (Å²) in [6, 6.07) is 9.84. The van der Waals surface area contributed by atoms with Crippen LogP contribution < -0.4 is 25.2 Å². The molecule has 2 saturated heterocycles. The average molecular weight is 764 g/mol. The number of unbranched alkanes of at least 4 members (excludes halogenated alkanes) is 1. The smallest absolute Gasteiger partial charge is 0.262 e. The number of rotatable bonds is 12. The molecule has 4 aromatic rings. The van der Waals surface area contributed by atoms with Crippen molar-refractivity contribution in [2.45, 2.75) is 44.7 Å². The van der Waals surface area contributed by atoms with Gasteiger partial charge in [-0.3, -0.25) is 48.9 Å². The van der Waals surface area contributed by atoms with Crippen LogP contribution in [0.4, 0.5) is 5.69 Å². The van der Waals surface area contributed by atoms with Crippen molar-refractivity contribution in [3.8, 4) is 22.6 Å². The summed E-state index contributed by atoms with van der Waals surface area (Å²) in [6.07, 6.45) is 7.20. The van der Waals surface area contributed by atoms with Gasteiger partial charge in [-0.05, 0) is 73.2 Å². The first kappa shape index (κ1) is 38.2. The minimum absolute atomic E-state index is 0.0142. The fraction of sp³-hybridized carbons (Fsp3) is 0.390. The Kier molecular flexibility index (Phi) is 10.9. The molecular formula is C41H45N7O8. The van der Waals surface area contributed by atoms with Crippen molar-refractivity contribution in [3.63, 3.8) is 0 Å². The van der Waals surface area contributed by atoms with Crippen molar-refractivity contribution in [1.82, 2.24) is 29.6 Å². The van der Waals surface area contributed by atoms with Gasteiger partial charge in [0.15, 0.2) is 0 Å². The van der Waals surface area contributed by atoms with Gasteiger partial charge in [-0.2, -0.15) is 0 Å². The van der Waals surface area contributed by atoms with Gasteiger partial charge >= 0.3 is 0 Å². The van der Waals surface area contributed by atoms with E-state index in [9.17, 15) is 28.8 Å².